The van der Waals surface area contributed by atoms with Gasteiger partial charge in [-0.15, -0.1) is 0 Å². The highest BCUT2D eigenvalue weighted by atomic mass is 16.5. The largest absolute Gasteiger partial charge is 0.508 e. The number of phenols is 3. The number of aromatic hydroxyl groups is 3. The molecule has 0 spiro atoms. The summed E-state index contributed by atoms with van der Waals surface area (Å²) in [6, 6.07) is 4.86. The van der Waals surface area contributed by atoms with Gasteiger partial charge in [0.05, 0.1) is 12.5 Å². The molecule has 3 aromatic rings. The molecule has 0 saturated carbocycles. The molecule has 1 aromatic heterocycles. The second-order valence-corrected chi connectivity index (χ2v) is 4.29. The molecule has 0 aliphatic carbocycles. The second-order valence-electron chi connectivity index (χ2n) is 4.29. The Morgan fingerprint density at radius 2 is 1.75 bits per heavy atom. The minimum absolute atomic E-state index is 0.0320. The highest BCUT2D eigenvalue weighted by Crippen LogP contribution is 2.34. The molecule has 6 nitrogen and oxygen atoms in total. The first-order valence-electron chi connectivity index (χ1n) is 5.70. The van der Waals surface area contributed by atoms with Crippen LogP contribution >= 0.6 is 0 Å². The number of hydrogen-bond donors (Lipinski definition) is 3. The summed E-state index contributed by atoms with van der Waals surface area (Å²) in [5, 5.41) is 29.0. The Labute approximate surface area is 112 Å². The van der Waals surface area contributed by atoms with Crippen molar-refractivity contribution in [1.29, 1.82) is 0 Å². The smallest absolute Gasteiger partial charge is 0.204 e. The average Bonchev–Trinajstić information content (AvgIpc) is 2.37. The van der Waals surface area contributed by atoms with Gasteiger partial charge in [0, 0.05) is 18.2 Å². The first-order chi connectivity index (χ1) is 9.51. The molecule has 0 amide bonds. The van der Waals surface area contributed by atoms with Crippen molar-refractivity contribution in [2.45, 2.75) is 0 Å². The maximum Gasteiger partial charge on any atom is 0.204 e. The molecular weight excluding hydrogens is 264 g/mol. The summed E-state index contributed by atoms with van der Waals surface area (Å²) in [7, 11) is 1.36. The first kappa shape index (κ1) is 12.2. The molecule has 1 heterocycles. The normalized spacial score (nSPS) is 11.1. The molecule has 3 N–H and O–H groups in total. The van der Waals surface area contributed by atoms with Crippen molar-refractivity contribution in [3.05, 3.63) is 34.5 Å². The summed E-state index contributed by atoms with van der Waals surface area (Å²) in [6.45, 7) is 0. The van der Waals surface area contributed by atoms with Crippen molar-refractivity contribution >= 4 is 21.9 Å². The third-order valence-corrected chi connectivity index (χ3v) is 3.04. The summed E-state index contributed by atoms with van der Waals surface area (Å²) in [5.74, 6) is -0.646. The highest BCUT2D eigenvalue weighted by molar-refractivity contribution is 5.94. The zero-order valence-electron chi connectivity index (χ0n) is 10.4. The van der Waals surface area contributed by atoms with Crippen LogP contribution in [0.25, 0.3) is 21.9 Å². The van der Waals surface area contributed by atoms with Crippen molar-refractivity contribution in [3.63, 3.8) is 0 Å². The van der Waals surface area contributed by atoms with Crippen LogP contribution < -0.4 is 10.2 Å². The lowest BCUT2D eigenvalue weighted by Gasteiger charge is -2.07. The molecule has 102 valence electrons. The summed E-state index contributed by atoms with van der Waals surface area (Å²) in [6.07, 6.45) is 0. The molecule has 6 heteroatoms. The average molecular weight is 274 g/mol. The Bertz CT molecular complexity index is 894. The van der Waals surface area contributed by atoms with Gasteiger partial charge < -0.3 is 24.5 Å². The summed E-state index contributed by atoms with van der Waals surface area (Å²) < 4.78 is 10.4. The van der Waals surface area contributed by atoms with E-state index in [1.807, 2.05) is 0 Å². The minimum atomic E-state index is -0.475. The van der Waals surface area contributed by atoms with E-state index in [2.05, 4.69) is 0 Å². The number of phenolic OH excluding ortho intramolecular Hbond substituents is 3. The van der Waals surface area contributed by atoms with Crippen LogP contribution in [-0.2, 0) is 0 Å². The zero-order chi connectivity index (χ0) is 14.4. The lowest BCUT2D eigenvalue weighted by molar-refractivity contribution is 0.374. The van der Waals surface area contributed by atoms with E-state index in [0.717, 1.165) is 6.07 Å². The molecule has 20 heavy (non-hydrogen) atoms. The molecule has 3 rings (SSSR count). The molecule has 0 aliphatic heterocycles. The Morgan fingerprint density at radius 1 is 1.00 bits per heavy atom. The molecule has 0 fully saturated rings. The number of methoxy groups -OCH3 is 1. The van der Waals surface area contributed by atoms with Crippen LogP contribution in [-0.4, -0.2) is 22.4 Å². The molecule has 2 aromatic carbocycles. The van der Waals surface area contributed by atoms with E-state index in [9.17, 15) is 20.1 Å². The molecule has 0 unspecified atom stereocenters. The van der Waals surface area contributed by atoms with Crippen molar-refractivity contribution in [2.24, 2.45) is 0 Å². The molecular formula is C14H10O6. The van der Waals surface area contributed by atoms with E-state index in [4.69, 9.17) is 9.15 Å². The first-order valence-corrected chi connectivity index (χ1v) is 5.70. The maximum atomic E-state index is 12.4. The Morgan fingerprint density at radius 3 is 2.45 bits per heavy atom. The molecule has 0 saturated heterocycles. The lowest BCUT2D eigenvalue weighted by Crippen LogP contribution is -2.02. The highest BCUT2D eigenvalue weighted by Gasteiger charge is 2.15. The quantitative estimate of drug-likeness (QED) is 0.587. The third kappa shape index (κ3) is 1.62. The van der Waals surface area contributed by atoms with Gasteiger partial charge in [-0.05, 0) is 6.07 Å². The van der Waals surface area contributed by atoms with E-state index in [1.165, 1.54) is 25.3 Å². The van der Waals surface area contributed by atoms with Crippen molar-refractivity contribution < 1.29 is 24.5 Å². The predicted molar refractivity (Wildman–Crippen MR) is 71.5 cm³/mol. The molecule has 0 bridgehead atoms. The number of rotatable bonds is 1. The van der Waals surface area contributed by atoms with E-state index in [-0.39, 0.29) is 44.9 Å². The van der Waals surface area contributed by atoms with Gasteiger partial charge in [0.1, 0.15) is 28.1 Å². The van der Waals surface area contributed by atoms with E-state index in [1.54, 1.807) is 0 Å². The Kier molecular flexibility index (Phi) is 2.47. The van der Waals surface area contributed by atoms with Crippen LogP contribution in [0.2, 0.25) is 0 Å². The summed E-state index contributed by atoms with van der Waals surface area (Å²) >= 11 is 0. The topological polar surface area (TPSA) is 100 Å². The van der Waals surface area contributed by atoms with Crippen LogP contribution in [0.15, 0.2) is 33.5 Å². The zero-order valence-corrected chi connectivity index (χ0v) is 10.4. The van der Waals surface area contributed by atoms with Gasteiger partial charge in [0.15, 0.2) is 11.5 Å². The van der Waals surface area contributed by atoms with Gasteiger partial charge in [0.2, 0.25) is 5.43 Å². The minimum Gasteiger partial charge on any atom is -0.508 e. The fraction of sp³-hybridized carbons (Fsp3) is 0.0714. The van der Waals surface area contributed by atoms with Crippen LogP contribution in [0, 0.1) is 0 Å². The van der Waals surface area contributed by atoms with Crippen molar-refractivity contribution in [3.8, 4) is 23.0 Å². The van der Waals surface area contributed by atoms with Gasteiger partial charge in [-0.2, -0.15) is 0 Å². The Hall–Kier alpha value is -2.89. The van der Waals surface area contributed by atoms with Crippen molar-refractivity contribution in [1.82, 2.24) is 0 Å². The van der Waals surface area contributed by atoms with Gasteiger partial charge in [-0.1, -0.05) is 0 Å². The molecule has 0 radical (unpaired) electrons. The SMILES string of the molecule is COc1cc2c(=O)c3c(O)cc(O)cc3oc2cc1O. The lowest BCUT2D eigenvalue weighted by atomic mass is 10.1. The summed E-state index contributed by atoms with van der Waals surface area (Å²) in [4.78, 5) is 12.4. The standard InChI is InChI=1S/C14H10O6/c1-19-11-4-7-10(5-8(11)16)20-12-3-6(15)2-9(17)13(12)14(7)18/h2-5,15-17H,1H3. The molecule has 0 atom stereocenters. The van der Waals surface area contributed by atoms with E-state index < -0.39 is 5.43 Å². The summed E-state index contributed by atoms with van der Waals surface area (Å²) in [5.41, 5.74) is -0.313. The number of fused-ring (bicyclic) bond motifs is 2. The van der Waals surface area contributed by atoms with Crippen LogP contribution in [0.3, 0.4) is 0 Å². The van der Waals surface area contributed by atoms with Gasteiger partial charge in [-0.3, -0.25) is 4.79 Å². The van der Waals surface area contributed by atoms with E-state index >= 15 is 0 Å². The van der Waals surface area contributed by atoms with E-state index in [0.29, 0.717) is 0 Å². The fourth-order valence-corrected chi connectivity index (χ4v) is 2.12. The number of ether oxygens (including phenoxy) is 1. The predicted octanol–water partition coefficient (Wildman–Crippen LogP) is 2.07. The monoisotopic (exact) mass is 274 g/mol. The van der Waals surface area contributed by atoms with Crippen molar-refractivity contribution in [2.75, 3.05) is 7.11 Å². The number of benzene rings is 2. The fourth-order valence-electron chi connectivity index (χ4n) is 2.12. The number of hydrogen-bond acceptors (Lipinski definition) is 6. The molecule has 0 aliphatic rings. The van der Waals surface area contributed by atoms with Crippen LogP contribution in [0.5, 0.6) is 23.0 Å². The van der Waals surface area contributed by atoms with Gasteiger partial charge in [0.25, 0.3) is 0 Å². The van der Waals surface area contributed by atoms with Crippen LogP contribution in [0.1, 0.15) is 0 Å². The maximum absolute atomic E-state index is 12.4. The Balaban J connectivity index is 2.54. The van der Waals surface area contributed by atoms with Gasteiger partial charge >= 0.3 is 0 Å². The van der Waals surface area contributed by atoms with Crippen LogP contribution in [0.4, 0.5) is 0 Å². The second kappa shape index (κ2) is 4.06. The third-order valence-electron chi connectivity index (χ3n) is 3.04. The van der Waals surface area contributed by atoms with Gasteiger partial charge in [-0.25, -0.2) is 0 Å².